The molecule has 4 heteroatoms. The normalized spacial score (nSPS) is 14.6. The summed E-state index contributed by atoms with van der Waals surface area (Å²) in [4.78, 5) is 28.0. The van der Waals surface area contributed by atoms with Crippen LogP contribution in [0.3, 0.4) is 0 Å². The first-order valence-electron chi connectivity index (χ1n) is 9.90. The smallest absolute Gasteiger partial charge is 0.254 e. The third-order valence-corrected chi connectivity index (χ3v) is 5.58. The maximum Gasteiger partial charge on any atom is 0.254 e. The Morgan fingerprint density at radius 2 is 1.34 bits per heavy atom. The highest BCUT2D eigenvalue weighted by atomic mass is 16.3. The Hall–Kier alpha value is -3.40. The van der Waals surface area contributed by atoms with E-state index in [1.54, 1.807) is 48.5 Å². The van der Waals surface area contributed by atoms with Crippen molar-refractivity contribution in [3.8, 4) is 5.75 Å². The zero-order valence-corrected chi connectivity index (χ0v) is 16.1. The molecule has 1 N–H and O–H groups in total. The summed E-state index contributed by atoms with van der Waals surface area (Å²) in [7, 11) is 0. The lowest BCUT2D eigenvalue weighted by atomic mass is 9.89. The number of ketones is 1. The monoisotopic (exact) mass is 385 g/mol. The van der Waals surface area contributed by atoms with Gasteiger partial charge in [-0.05, 0) is 42.5 Å². The number of amides is 1. The summed E-state index contributed by atoms with van der Waals surface area (Å²) < 4.78 is 0. The molecular formula is C25H23NO3. The fraction of sp³-hybridized carbons (Fsp3) is 0.200. The molecule has 4 rings (SSSR count). The minimum atomic E-state index is -0.131. The molecule has 1 aliphatic heterocycles. The average Bonchev–Trinajstić information content (AvgIpc) is 2.79. The van der Waals surface area contributed by atoms with Crippen LogP contribution < -0.4 is 0 Å². The molecule has 0 atom stereocenters. The van der Waals surface area contributed by atoms with Crippen molar-refractivity contribution in [3.63, 3.8) is 0 Å². The van der Waals surface area contributed by atoms with Crippen molar-refractivity contribution in [1.29, 1.82) is 0 Å². The van der Waals surface area contributed by atoms with Gasteiger partial charge in [0.1, 0.15) is 5.75 Å². The average molecular weight is 385 g/mol. The van der Waals surface area contributed by atoms with Gasteiger partial charge in [-0.25, -0.2) is 0 Å². The van der Waals surface area contributed by atoms with Crippen molar-refractivity contribution in [3.05, 3.63) is 101 Å². The van der Waals surface area contributed by atoms with Crippen molar-refractivity contribution < 1.29 is 14.7 Å². The molecule has 1 heterocycles. The minimum absolute atomic E-state index is 0.0889. The Bertz CT molecular complexity index is 1000. The minimum Gasteiger partial charge on any atom is -0.508 e. The fourth-order valence-electron chi connectivity index (χ4n) is 3.95. The van der Waals surface area contributed by atoms with Gasteiger partial charge in [0.15, 0.2) is 5.78 Å². The molecule has 3 aromatic rings. The van der Waals surface area contributed by atoms with Crippen LogP contribution in [0.5, 0.6) is 5.75 Å². The number of hydrogen-bond acceptors (Lipinski definition) is 3. The van der Waals surface area contributed by atoms with Gasteiger partial charge in [-0.1, -0.05) is 60.7 Å². The van der Waals surface area contributed by atoms with Crippen LogP contribution in [-0.2, 0) is 0 Å². The molecule has 0 saturated carbocycles. The fourth-order valence-corrected chi connectivity index (χ4v) is 3.95. The molecule has 0 spiro atoms. The lowest BCUT2D eigenvalue weighted by Gasteiger charge is -2.32. The van der Waals surface area contributed by atoms with Crippen molar-refractivity contribution in [2.45, 2.75) is 18.8 Å². The second-order valence-corrected chi connectivity index (χ2v) is 7.40. The first kappa shape index (κ1) is 18.9. The first-order valence-corrected chi connectivity index (χ1v) is 9.90. The quantitative estimate of drug-likeness (QED) is 0.666. The van der Waals surface area contributed by atoms with E-state index < -0.39 is 0 Å². The van der Waals surface area contributed by atoms with Crippen LogP contribution in [0.15, 0.2) is 78.9 Å². The van der Waals surface area contributed by atoms with Gasteiger partial charge in [-0.15, -0.1) is 0 Å². The van der Waals surface area contributed by atoms with E-state index in [9.17, 15) is 14.7 Å². The summed E-state index contributed by atoms with van der Waals surface area (Å²) in [5, 5.41) is 9.47. The predicted octanol–water partition coefficient (Wildman–Crippen LogP) is 4.64. The largest absolute Gasteiger partial charge is 0.508 e. The predicted molar refractivity (Wildman–Crippen MR) is 112 cm³/mol. The molecule has 0 radical (unpaired) electrons. The highest BCUT2D eigenvalue weighted by molar-refractivity contribution is 6.15. The number of rotatable bonds is 4. The Morgan fingerprint density at radius 1 is 0.759 bits per heavy atom. The van der Waals surface area contributed by atoms with Gasteiger partial charge in [0.25, 0.3) is 5.91 Å². The number of benzene rings is 3. The zero-order chi connectivity index (χ0) is 20.2. The van der Waals surface area contributed by atoms with Crippen LogP contribution in [0.1, 0.15) is 50.6 Å². The van der Waals surface area contributed by atoms with Gasteiger partial charge in [-0.2, -0.15) is 0 Å². The number of phenols is 1. The van der Waals surface area contributed by atoms with E-state index in [1.165, 1.54) is 5.56 Å². The van der Waals surface area contributed by atoms with Crippen LogP contribution in [0.2, 0.25) is 0 Å². The van der Waals surface area contributed by atoms with E-state index >= 15 is 0 Å². The number of piperidine rings is 1. The van der Waals surface area contributed by atoms with Gasteiger partial charge in [0.2, 0.25) is 0 Å². The van der Waals surface area contributed by atoms with Crippen molar-refractivity contribution in [2.75, 3.05) is 13.1 Å². The lowest BCUT2D eigenvalue weighted by Crippen LogP contribution is -2.38. The molecule has 3 aromatic carbocycles. The molecule has 1 saturated heterocycles. The SMILES string of the molecule is O=C(c1ccccc1)c1ccccc1C(=O)N1CCC(c2ccc(O)cc2)CC1. The van der Waals surface area contributed by atoms with E-state index in [2.05, 4.69) is 0 Å². The summed E-state index contributed by atoms with van der Waals surface area (Å²) in [6, 6.07) is 23.4. The molecule has 1 amide bonds. The van der Waals surface area contributed by atoms with Gasteiger partial charge in [0, 0.05) is 24.2 Å². The molecule has 0 unspecified atom stereocenters. The van der Waals surface area contributed by atoms with Crippen LogP contribution in [-0.4, -0.2) is 34.8 Å². The second-order valence-electron chi connectivity index (χ2n) is 7.40. The summed E-state index contributed by atoms with van der Waals surface area (Å²) in [6.45, 7) is 1.30. The summed E-state index contributed by atoms with van der Waals surface area (Å²) in [5.41, 5.74) is 2.68. The molecule has 146 valence electrons. The Kier molecular flexibility index (Phi) is 5.43. The number of nitrogens with zero attached hydrogens (tertiary/aromatic N) is 1. The molecule has 0 bridgehead atoms. The van der Waals surface area contributed by atoms with Crippen molar-refractivity contribution in [2.24, 2.45) is 0 Å². The van der Waals surface area contributed by atoms with Gasteiger partial charge in [-0.3, -0.25) is 9.59 Å². The molecule has 4 nitrogen and oxygen atoms in total. The van der Waals surface area contributed by atoms with Crippen LogP contribution in [0, 0.1) is 0 Å². The Morgan fingerprint density at radius 3 is 2.00 bits per heavy atom. The van der Waals surface area contributed by atoms with E-state index in [-0.39, 0.29) is 17.4 Å². The number of likely N-dealkylation sites (tertiary alicyclic amines) is 1. The van der Waals surface area contributed by atoms with Crippen LogP contribution in [0.4, 0.5) is 0 Å². The van der Waals surface area contributed by atoms with Crippen LogP contribution >= 0.6 is 0 Å². The summed E-state index contributed by atoms with van der Waals surface area (Å²) in [6.07, 6.45) is 1.73. The lowest BCUT2D eigenvalue weighted by molar-refractivity contribution is 0.0709. The molecule has 1 aliphatic rings. The van der Waals surface area contributed by atoms with E-state index in [0.717, 1.165) is 12.8 Å². The van der Waals surface area contributed by atoms with E-state index in [4.69, 9.17) is 0 Å². The van der Waals surface area contributed by atoms with Gasteiger partial charge < -0.3 is 10.0 Å². The second kappa shape index (κ2) is 8.31. The summed E-state index contributed by atoms with van der Waals surface area (Å²) >= 11 is 0. The molecule has 29 heavy (non-hydrogen) atoms. The Labute approximate surface area is 170 Å². The molecular weight excluding hydrogens is 362 g/mol. The van der Waals surface area contributed by atoms with Crippen molar-refractivity contribution >= 4 is 11.7 Å². The van der Waals surface area contributed by atoms with Crippen LogP contribution in [0.25, 0.3) is 0 Å². The van der Waals surface area contributed by atoms with Gasteiger partial charge >= 0.3 is 0 Å². The van der Waals surface area contributed by atoms with E-state index in [1.807, 2.05) is 35.2 Å². The third-order valence-electron chi connectivity index (χ3n) is 5.58. The molecule has 1 fully saturated rings. The standard InChI is InChI=1S/C25H23NO3/c27-21-12-10-18(11-13-21)19-14-16-26(17-15-19)25(29)23-9-5-4-8-22(23)24(28)20-6-2-1-3-7-20/h1-13,19,27H,14-17H2. The summed E-state index contributed by atoms with van der Waals surface area (Å²) in [5.74, 6) is 0.421. The molecule has 0 aromatic heterocycles. The maximum atomic E-state index is 13.2. The number of hydrogen-bond donors (Lipinski definition) is 1. The number of phenolic OH excluding ortho intramolecular Hbond substituents is 1. The zero-order valence-electron chi connectivity index (χ0n) is 16.1. The molecule has 0 aliphatic carbocycles. The highest BCUT2D eigenvalue weighted by Gasteiger charge is 2.27. The number of carbonyl (C=O) groups excluding carboxylic acids is 2. The third kappa shape index (κ3) is 4.06. The first-order chi connectivity index (χ1) is 14.1. The highest BCUT2D eigenvalue weighted by Crippen LogP contribution is 2.30. The number of aromatic hydroxyl groups is 1. The maximum absolute atomic E-state index is 13.2. The Balaban J connectivity index is 1.50. The topological polar surface area (TPSA) is 57.6 Å². The van der Waals surface area contributed by atoms with E-state index in [0.29, 0.717) is 35.7 Å². The van der Waals surface area contributed by atoms with Crippen molar-refractivity contribution in [1.82, 2.24) is 4.90 Å². The van der Waals surface area contributed by atoms with Gasteiger partial charge in [0.05, 0.1) is 5.56 Å². The number of carbonyl (C=O) groups is 2.